The summed E-state index contributed by atoms with van der Waals surface area (Å²) in [4.78, 5) is 16.4. The Hall–Kier alpha value is -3.43. The standard InChI is InChI=1S/C19H16N4O4S/c1-11(22-13-3-5-14(6-4-13)28(20,25)26)18-15-8-12(17-9-21-10-27-17)2-7-16(15)23-19(18)24/h2-10,22H,1H3,(H,23,24)(H2,20,25,26)/b18-11-. The van der Waals surface area contributed by atoms with Crippen LogP contribution in [0.15, 0.2) is 70.1 Å². The van der Waals surface area contributed by atoms with E-state index in [9.17, 15) is 13.2 Å². The normalized spacial score (nSPS) is 15.1. The number of sulfonamides is 1. The van der Waals surface area contributed by atoms with Gasteiger partial charge in [0.1, 0.15) is 0 Å². The molecule has 1 aliphatic rings. The monoisotopic (exact) mass is 396 g/mol. The van der Waals surface area contributed by atoms with Crippen LogP contribution < -0.4 is 15.8 Å². The summed E-state index contributed by atoms with van der Waals surface area (Å²) in [5.74, 6) is 0.376. The molecule has 2 heterocycles. The van der Waals surface area contributed by atoms with E-state index in [0.717, 1.165) is 11.1 Å². The third-order valence-corrected chi connectivity index (χ3v) is 5.30. The van der Waals surface area contributed by atoms with Gasteiger partial charge in [0, 0.05) is 28.2 Å². The number of benzene rings is 2. The second-order valence-electron chi connectivity index (χ2n) is 6.27. The second-order valence-corrected chi connectivity index (χ2v) is 7.84. The van der Waals surface area contributed by atoms with Crippen LogP contribution in [0.4, 0.5) is 11.4 Å². The molecule has 142 valence electrons. The average molecular weight is 396 g/mol. The largest absolute Gasteiger partial charge is 0.444 e. The number of primary sulfonamides is 1. The first kappa shape index (κ1) is 18.0. The summed E-state index contributed by atoms with van der Waals surface area (Å²) in [6.07, 6.45) is 2.95. The molecule has 2 aromatic carbocycles. The highest BCUT2D eigenvalue weighted by atomic mass is 32.2. The molecule has 8 nitrogen and oxygen atoms in total. The molecule has 0 atom stereocenters. The highest BCUT2D eigenvalue weighted by Gasteiger charge is 2.27. The third-order valence-electron chi connectivity index (χ3n) is 4.37. The van der Waals surface area contributed by atoms with Crippen LogP contribution >= 0.6 is 0 Å². The fourth-order valence-electron chi connectivity index (χ4n) is 3.06. The Morgan fingerprint density at radius 2 is 1.93 bits per heavy atom. The van der Waals surface area contributed by atoms with E-state index < -0.39 is 10.0 Å². The molecule has 0 fully saturated rings. The van der Waals surface area contributed by atoms with Crippen molar-refractivity contribution in [3.63, 3.8) is 0 Å². The van der Waals surface area contributed by atoms with Crippen LogP contribution in [0.3, 0.4) is 0 Å². The lowest BCUT2D eigenvalue weighted by atomic mass is 10.0. The van der Waals surface area contributed by atoms with E-state index in [-0.39, 0.29) is 10.8 Å². The van der Waals surface area contributed by atoms with Gasteiger partial charge in [-0.2, -0.15) is 0 Å². The number of aromatic nitrogens is 1. The Morgan fingerprint density at radius 3 is 2.57 bits per heavy atom. The summed E-state index contributed by atoms with van der Waals surface area (Å²) >= 11 is 0. The molecule has 0 saturated carbocycles. The molecule has 1 amide bonds. The summed E-state index contributed by atoms with van der Waals surface area (Å²) in [6.45, 7) is 1.78. The first-order chi connectivity index (χ1) is 13.3. The molecule has 0 unspecified atom stereocenters. The number of fused-ring (bicyclic) bond motifs is 1. The molecule has 28 heavy (non-hydrogen) atoms. The number of oxazole rings is 1. The Labute approximate surface area is 161 Å². The van der Waals surface area contributed by atoms with Gasteiger partial charge in [0.25, 0.3) is 5.91 Å². The van der Waals surface area contributed by atoms with E-state index >= 15 is 0 Å². The highest BCUT2D eigenvalue weighted by Crippen LogP contribution is 2.37. The van der Waals surface area contributed by atoms with Crippen LogP contribution in [0.2, 0.25) is 0 Å². The van der Waals surface area contributed by atoms with Crippen molar-refractivity contribution in [2.45, 2.75) is 11.8 Å². The predicted octanol–water partition coefficient (Wildman–Crippen LogP) is 2.78. The van der Waals surface area contributed by atoms with Gasteiger partial charge in [0.2, 0.25) is 10.0 Å². The fraction of sp³-hybridized carbons (Fsp3) is 0.0526. The van der Waals surface area contributed by atoms with Crippen LogP contribution in [-0.4, -0.2) is 19.3 Å². The summed E-state index contributed by atoms with van der Waals surface area (Å²) in [5, 5.41) is 11.1. The molecule has 3 aromatic rings. The Balaban J connectivity index is 1.69. The van der Waals surface area contributed by atoms with Gasteiger partial charge in [-0.3, -0.25) is 4.79 Å². The molecule has 9 heteroatoms. The van der Waals surface area contributed by atoms with Gasteiger partial charge >= 0.3 is 0 Å². The van der Waals surface area contributed by atoms with E-state index in [1.54, 1.807) is 25.3 Å². The van der Waals surface area contributed by atoms with Gasteiger partial charge in [0.15, 0.2) is 12.2 Å². The first-order valence-corrected chi connectivity index (χ1v) is 9.83. The molecule has 0 bridgehead atoms. The topological polar surface area (TPSA) is 127 Å². The Kier molecular flexibility index (Phi) is 4.25. The maximum absolute atomic E-state index is 12.5. The van der Waals surface area contributed by atoms with Crippen molar-refractivity contribution in [3.8, 4) is 11.3 Å². The number of anilines is 2. The zero-order valence-electron chi connectivity index (χ0n) is 14.8. The van der Waals surface area contributed by atoms with Crippen LogP contribution in [0.1, 0.15) is 12.5 Å². The lowest BCUT2D eigenvalue weighted by Crippen LogP contribution is -2.12. The van der Waals surface area contributed by atoms with Crippen molar-refractivity contribution in [2.24, 2.45) is 5.14 Å². The van der Waals surface area contributed by atoms with E-state index in [0.29, 0.717) is 28.4 Å². The van der Waals surface area contributed by atoms with E-state index in [2.05, 4.69) is 15.6 Å². The maximum atomic E-state index is 12.5. The molecule has 0 saturated heterocycles. The molecule has 1 aliphatic heterocycles. The molecule has 4 rings (SSSR count). The van der Waals surface area contributed by atoms with Crippen LogP contribution in [0.5, 0.6) is 0 Å². The number of rotatable bonds is 4. The summed E-state index contributed by atoms with van der Waals surface area (Å²) in [6, 6.07) is 11.5. The molecule has 0 radical (unpaired) electrons. The van der Waals surface area contributed by atoms with Crippen molar-refractivity contribution in [1.82, 2.24) is 4.98 Å². The van der Waals surface area contributed by atoms with Gasteiger partial charge < -0.3 is 15.1 Å². The first-order valence-electron chi connectivity index (χ1n) is 8.28. The number of carbonyl (C=O) groups is 1. The zero-order valence-corrected chi connectivity index (χ0v) is 15.6. The van der Waals surface area contributed by atoms with Gasteiger partial charge in [-0.05, 0) is 49.4 Å². The van der Waals surface area contributed by atoms with Gasteiger partial charge in [0.05, 0.1) is 16.7 Å². The van der Waals surface area contributed by atoms with Crippen molar-refractivity contribution in [1.29, 1.82) is 0 Å². The number of nitrogens with zero attached hydrogens (tertiary/aromatic N) is 1. The Bertz CT molecular complexity index is 1200. The van der Waals surface area contributed by atoms with Gasteiger partial charge in [-0.1, -0.05) is 0 Å². The SMILES string of the molecule is C/C(Nc1ccc(S(N)(=O)=O)cc1)=C1/C(=O)Nc2ccc(-c3cnco3)cc21. The number of carbonyl (C=O) groups excluding carboxylic acids is 1. The minimum Gasteiger partial charge on any atom is -0.444 e. The van der Waals surface area contributed by atoms with Crippen LogP contribution in [0, 0.1) is 0 Å². The number of amides is 1. The number of nitrogens with one attached hydrogen (secondary N) is 2. The van der Waals surface area contributed by atoms with E-state index in [1.165, 1.54) is 18.5 Å². The van der Waals surface area contributed by atoms with E-state index in [1.807, 2.05) is 18.2 Å². The predicted molar refractivity (Wildman–Crippen MR) is 105 cm³/mol. The van der Waals surface area contributed by atoms with Crippen LogP contribution in [-0.2, 0) is 14.8 Å². The summed E-state index contributed by atoms with van der Waals surface area (Å²) in [5.41, 5.74) is 3.99. The minimum absolute atomic E-state index is 0.0176. The maximum Gasteiger partial charge on any atom is 0.258 e. The van der Waals surface area contributed by atoms with Gasteiger partial charge in [-0.15, -0.1) is 0 Å². The summed E-state index contributed by atoms with van der Waals surface area (Å²) in [7, 11) is -3.76. The number of hydrogen-bond donors (Lipinski definition) is 3. The molecule has 0 aliphatic carbocycles. The number of allylic oxidation sites excluding steroid dienone is 1. The highest BCUT2D eigenvalue weighted by molar-refractivity contribution is 7.89. The second kappa shape index (κ2) is 6.63. The fourth-order valence-corrected chi connectivity index (χ4v) is 3.57. The molecule has 1 aromatic heterocycles. The van der Waals surface area contributed by atoms with Crippen molar-refractivity contribution in [2.75, 3.05) is 10.6 Å². The van der Waals surface area contributed by atoms with Crippen molar-refractivity contribution in [3.05, 3.63) is 66.3 Å². The van der Waals surface area contributed by atoms with Gasteiger partial charge in [-0.25, -0.2) is 18.5 Å². The van der Waals surface area contributed by atoms with Crippen molar-refractivity contribution < 1.29 is 17.6 Å². The summed E-state index contributed by atoms with van der Waals surface area (Å²) < 4.78 is 28.1. The van der Waals surface area contributed by atoms with E-state index in [4.69, 9.17) is 9.56 Å². The molecule has 0 spiro atoms. The quantitative estimate of drug-likeness (QED) is 0.582. The third kappa shape index (κ3) is 3.28. The molecular formula is C19H16N4O4S. The minimum atomic E-state index is -3.76. The molecule has 4 N–H and O–H groups in total. The van der Waals surface area contributed by atoms with Crippen molar-refractivity contribution >= 4 is 32.9 Å². The molecular weight excluding hydrogens is 380 g/mol. The Morgan fingerprint density at radius 1 is 1.18 bits per heavy atom. The number of nitrogens with two attached hydrogens (primary N) is 1. The lowest BCUT2D eigenvalue weighted by molar-refractivity contribution is -0.110. The lowest BCUT2D eigenvalue weighted by Gasteiger charge is -2.10. The average Bonchev–Trinajstić information content (AvgIpc) is 3.27. The number of hydrogen-bond acceptors (Lipinski definition) is 6. The zero-order chi connectivity index (χ0) is 19.9. The van der Waals surface area contributed by atoms with Crippen LogP contribution in [0.25, 0.3) is 16.9 Å². The smallest absolute Gasteiger partial charge is 0.258 e.